The molecule has 0 fully saturated rings. The first-order chi connectivity index (χ1) is 18.2. The summed E-state index contributed by atoms with van der Waals surface area (Å²) < 4.78 is 75.5. The van der Waals surface area contributed by atoms with E-state index in [2.05, 4.69) is 35.1 Å². The second-order valence-electron chi connectivity index (χ2n) is 8.12. The normalized spacial score (nSPS) is 15.8. The number of amides is 1. The summed E-state index contributed by atoms with van der Waals surface area (Å²) in [5, 5.41) is 15.1. The number of ether oxygens (including phenoxy) is 1. The van der Waals surface area contributed by atoms with E-state index < -0.39 is 30.8 Å². The number of H-pyrrole nitrogens is 1. The van der Waals surface area contributed by atoms with Crippen molar-refractivity contribution in [1.29, 1.82) is 0 Å². The average Bonchev–Trinajstić information content (AvgIpc) is 3.66. The van der Waals surface area contributed by atoms with Gasteiger partial charge in [0, 0.05) is 31.1 Å². The molecule has 0 saturated carbocycles. The fourth-order valence-corrected chi connectivity index (χ4v) is 4.25. The first kappa shape index (κ1) is 23.6. The van der Waals surface area contributed by atoms with Gasteiger partial charge in [-0.3, -0.25) is 4.79 Å². The number of alkyl halides is 5. The van der Waals surface area contributed by atoms with Crippen LogP contribution in [0.3, 0.4) is 0 Å². The van der Waals surface area contributed by atoms with Crippen molar-refractivity contribution in [3.63, 3.8) is 0 Å². The lowest BCUT2D eigenvalue weighted by atomic mass is 9.99. The molecule has 0 bridgehead atoms. The first-order valence-corrected chi connectivity index (χ1v) is 10.9. The summed E-state index contributed by atoms with van der Waals surface area (Å²) in [5.74, 6) is -1.65. The SMILES string of the molecule is O=C(c1nnc(-c2cnn(C(F)(F)F)c2)o1)N1CCc2[nH]cnc2C1c1cc2c(OC(F)F)cccn2n1. The lowest BCUT2D eigenvalue weighted by molar-refractivity contribution is -0.212. The van der Waals surface area contributed by atoms with Crippen LogP contribution in [0.15, 0.2) is 47.5 Å². The molecule has 0 saturated heterocycles. The summed E-state index contributed by atoms with van der Waals surface area (Å²) in [6.07, 6.45) is 0.165. The van der Waals surface area contributed by atoms with E-state index in [9.17, 15) is 26.7 Å². The van der Waals surface area contributed by atoms with E-state index in [1.54, 1.807) is 0 Å². The number of aromatic nitrogens is 8. The zero-order valence-corrected chi connectivity index (χ0v) is 18.8. The van der Waals surface area contributed by atoms with Crippen molar-refractivity contribution in [3.8, 4) is 17.2 Å². The molecule has 0 aliphatic carbocycles. The van der Waals surface area contributed by atoms with Gasteiger partial charge in [0.2, 0.25) is 0 Å². The van der Waals surface area contributed by atoms with Crippen LogP contribution in [0.2, 0.25) is 0 Å². The molecule has 1 amide bonds. The van der Waals surface area contributed by atoms with Gasteiger partial charge in [0.25, 0.3) is 5.89 Å². The highest BCUT2D eigenvalue weighted by atomic mass is 19.4. The van der Waals surface area contributed by atoms with Crippen LogP contribution < -0.4 is 4.74 Å². The fraction of sp³-hybridized carbons (Fsp3) is 0.238. The summed E-state index contributed by atoms with van der Waals surface area (Å²) in [6.45, 7) is -2.89. The minimum absolute atomic E-state index is 0.113. The van der Waals surface area contributed by atoms with Gasteiger partial charge in [-0.1, -0.05) is 0 Å². The van der Waals surface area contributed by atoms with E-state index >= 15 is 0 Å². The monoisotopic (exact) mass is 535 g/mol. The van der Waals surface area contributed by atoms with Gasteiger partial charge in [-0.15, -0.1) is 23.4 Å². The van der Waals surface area contributed by atoms with Gasteiger partial charge in [0.05, 0.1) is 29.5 Å². The topological polar surface area (TPSA) is 132 Å². The van der Waals surface area contributed by atoms with Crippen molar-refractivity contribution >= 4 is 11.4 Å². The zero-order valence-electron chi connectivity index (χ0n) is 18.8. The molecule has 0 spiro atoms. The molecular formula is C21H14F5N9O3. The number of nitrogens with one attached hydrogen (secondary N) is 1. The molecule has 1 aliphatic heterocycles. The second-order valence-corrected chi connectivity index (χ2v) is 8.12. The number of hydrogen-bond donors (Lipinski definition) is 1. The number of hydrogen-bond acceptors (Lipinski definition) is 8. The van der Waals surface area contributed by atoms with Crippen molar-refractivity contribution in [2.45, 2.75) is 25.4 Å². The third-order valence-corrected chi connectivity index (χ3v) is 5.86. The van der Waals surface area contributed by atoms with Gasteiger partial charge in [0.15, 0.2) is 5.75 Å². The summed E-state index contributed by atoms with van der Waals surface area (Å²) in [5.41, 5.74) is 1.61. The van der Waals surface area contributed by atoms with Crippen LogP contribution >= 0.6 is 0 Å². The number of imidazole rings is 1. The molecule has 0 aromatic carbocycles. The maximum absolute atomic E-state index is 13.5. The smallest absolute Gasteiger partial charge is 0.433 e. The predicted octanol–water partition coefficient (Wildman–Crippen LogP) is 3.17. The van der Waals surface area contributed by atoms with Gasteiger partial charge in [-0.25, -0.2) is 9.50 Å². The van der Waals surface area contributed by atoms with Gasteiger partial charge in [-0.05, 0) is 18.2 Å². The highest BCUT2D eigenvalue weighted by Crippen LogP contribution is 2.36. The number of carbonyl (C=O) groups is 1. The van der Waals surface area contributed by atoms with Gasteiger partial charge in [0.1, 0.15) is 11.6 Å². The lowest BCUT2D eigenvalue weighted by Gasteiger charge is -2.32. The molecule has 1 aliphatic rings. The Morgan fingerprint density at radius 1 is 1.26 bits per heavy atom. The highest BCUT2D eigenvalue weighted by Gasteiger charge is 2.39. The minimum Gasteiger partial charge on any atom is -0.433 e. The molecule has 5 aromatic rings. The molecule has 1 atom stereocenters. The predicted molar refractivity (Wildman–Crippen MR) is 114 cm³/mol. The van der Waals surface area contributed by atoms with Crippen LogP contribution in [0.25, 0.3) is 17.0 Å². The third kappa shape index (κ3) is 4.00. The molecule has 5 aromatic heterocycles. The Morgan fingerprint density at radius 2 is 2.11 bits per heavy atom. The Bertz CT molecular complexity index is 1640. The number of carbonyl (C=O) groups excluding carboxylic acids is 1. The van der Waals surface area contributed by atoms with Crippen LogP contribution in [-0.2, 0) is 12.7 Å². The van der Waals surface area contributed by atoms with E-state index in [0.717, 1.165) is 11.9 Å². The van der Waals surface area contributed by atoms with E-state index in [1.165, 1.54) is 40.1 Å². The quantitative estimate of drug-likeness (QED) is 0.340. The van der Waals surface area contributed by atoms with Crippen LogP contribution in [0.4, 0.5) is 22.0 Å². The van der Waals surface area contributed by atoms with E-state index in [4.69, 9.17) is 4.42 Å². The van der Waals surface area contributed by atoms with Gasteiger partial charge >= 0.3 is 24.7 Å². The van der Waals surface area contributed by atoms with Gasteiger partial charge in [-0.2, -0.15) is 23.7 Å². The average molecular weight is 535 g/mol. The van der Waals surface area contributed by atoms with Crippen molar-refractivity contribution in [3.05, 3.63) is 66.1 Å². The molecule has 1 unspecified atom stereocenters. The van der Waals surface area contributed by atoms with Crippen LogP contribution in [-0.4, -0.2) is 63.5 Å². The number of aromatic amines is 1. The Morgan fingerprint density at radius 3 is 2.87 bits per heavy atom. The molecular weight excluding hydrogens is 521 g/mol. The van der Waals surface area contributed by atoms with Crippen molar-refractivity contribution in [2.75, 3.05) is 6.54 Å². The fourth-order valence-electron chi connectivity index (χ4n) is 4.25. The number of rotatable bonds is 5. The Balaban J connectivity index is 1.36. The molecule has 196 valence electrons. The molecule has 0 radical (unpaired) electrons. The molecule has 6 rings (SSSR count). The van der Waals surface area contributed by atoms with Crippen molar-refractivity contribution in [2.24, 2.45) is 0 Å². The van der Waals surface area contributed by atoms with Crippen LogP contribution in [0, 0.1) is 0 Å². The van der Waals surface area contributed by atoms with E-state index in [-0.39, 0.29) is 33.9 Å². The Hall–Kier alpha value is -4.83. The molecule has 12 nitrogen and oxygen atoms in total. The van der Waals surface area contributed by atoms with Crippen molar-refractivity contribution in [1.82, 2.24) is 44.5 Å². The second kappa shape index (κ2) is 8.63. The Labute approximate surface area is 207 Å². The van der Waals surface area contributed by atoms with E-state index in [1.807, 2.05) is 0 Å². The van der Waals surface area contributed by atoms with Crippen molar-refractivity contribution < 1.29 is 35.9 Å². The van der Waals surface area contributed by atoms with Gasteiger partial charge < -0.3 is 19.0 Å². The number of fused-ring (bicyclic) bond motifs is 2. The van der Waals surface area contributed by atoms with Crippen LogP contribution in [0.5, 0.6) is 5.75 Å². The largest absolute Gasteiger partial charge is 0.504 e. The summed E-state index contributed by atoms with van der Waals surface area (Å²) in [6, 6.07) is 3.46. The first-order valence-electron chi connectivity index (χ1n) is 10.9. The lowest BCUT2D eigenvalue weighted by Crippen LogP contribution is -2.41. The summed E-state index contributed by atoms with van der Waals surface area (Å²) in [7, 11) is 0. The molecule has 6 heterocycles. The molecule has 38 heavy (non-hydrogen) atoms. The maximum Gasteiger partial charge on any atom is 0.504 e. The maximum atomic E-state index is 13.5. The number of halogens is 5. The van der Waals surface area contributed by atoms with E-state index in [0.29, 0.717) is 24.0 Å². The molecule has 1 N–H and O–H groups in total. The minimum atomic E-state index is -4.74. The molecule has 17 heteroatoms. The number of pyridine rings is 1. The highest BCUT2D eigenvalue weighted by molar-refractivity contribution is 5.90. The Kier molecular flexibility index (Phi) is 5.35. The number of nitrogens with zero attached hydrogens (tertiary/aromatic N) is 8. The van der Waals surface area contributed by atoms with Crippen LogP contribution in [0.1, 0.15) is 33.8 Å². The third-order valence-electron chi connectivity index (χ3n) is 5.86. The summed E-state index contributed by atoms with van der Waals surface area (Å²) in [4.78, 5) is 22.2. The summed E-state index contributed by atoms with van der Waals surface area (Å²) >= 11 is 0. The zero-order chi connectivity index (χ0) is 26.6. The standard InChI is InChI=1S/C21H14F5N9O3/c22-20(23)37-14-2-1-4-34-13(14)6-12(32-34)16-15-11(27-9-28-15)3-5-33(16)19(36)18-31-30-17(38-18)10-7-29-35(8-10)21(24,25)26/h1-2,4,6-9,16,20H,3,5H2,(H,27,28).